The third-order valence-corrected chi connectivity index (χ3v) is 5.69. The van der Waals surface area contributed by atoms with Crippen molar-refractivity contribution < 1.29 is 8.42 Å². The topological polar surface area (TPSA) is 64.0 Å². The molecule has 0 aliphatic carbocycles. The summed E-state index contributed by atoms with van der Waals surface area (Å²) in [6, 6.07) is 3.34. The summed E-state index contributed by atoms with van der Waals surface area (Å²) in [4.78, 5) is 1.04. The van der Waals surface area contributed by atoms with Crippen LogP contribution in [0.25, 0.3) is 0 Å². The second-order valence-electron chi connectivity index (χ2n) is 4.33. The summed E-state index contributed by atoms with van der Waals surface area (Å²) in [5.74, 6) is 0.469. The zero-order valence-electron chi connectivity index (χ0n) is 10.7. The fourth-order valence-electron chi connectivity index (χ4n) is 1.70. The van der Waals surface area contributed by atoms with E-state index in [9.17, 15) is 8.42 Å². The van der Waals surface area contributed by atoms with Crippen molar-refractivity contribution >= 4 is 43.1 Å². The van der Waals surface area contributed by atoms with Gasteiger partial charge in [-0.3, -0.25) is 4.72 Å². The number of hydrogen-bond donors (Lipinski definition) is 1. The van der Waals surface area contributed by atoms with E-state index >= 15 is 0 Å². The Bertz CT molecular complexity index is 689. The molecule has 0 radical (unpaired) electrons. The Hall–Kier alpha value is -0.860. The van der Waals surface area contributed by atoms with Gasteiger partial charge in [-0.1, -0.05) is 0 Å². The second-order valence-corrected chi connectivity index (χ2v) is 8.62. The van der Waals surface area contributed by atoms with Crippen LogP contribution in [-0.4, -0.2) is 18.2 Å². The average molecular weight is 364 g/mol. The van der Waals surface area contributed by atoms with Crippen molar-refractivity contribution in [1.82, 2.24) is 9.78 Å². The molecule has 0 aromatic carbocycles. The van der Waals surface area contributed by atoms with Gasteiger partial charge in [0, 0.05) is 17.0 Å². The van der Waals surface area contributed by atoms with Crippen LogP contribution in [-0.2, 0) is 10.0 Å². The van der Waals surface area contributed by atoms with Crippen LogP contribution in [0.5, 0.6) is 0 Å². The maximum absolute atomic E-state index is 12.3. The van der Waals surface area contributed by atoms with Gasteiger partial charge in [-0.25, -0.2) is 13.1 Å². The van der Waals surface area contributed by atoms with Gasteiger partial charge in [0.1, 0.15) is 10.7 Å². The van der Waals surface area contributed by atoms with Gasteiger partial charge >= 0.3 is 0 Å². The molecule has 0 aliphatic rings. The summed E-state index contributed by atoms with van der Waals surface area (Å²) in [7, 11) is -3.58. The molecular formula is C11H14BrN3O2S2. The van der Waals surface area contributed by atoms with E-state index in [2.05, 4.69) is 25.8 Å². The Kier molecular flexibility index (Phi) is 4.03. The minimum Gasteiger partial charge on any atom is -0.264 e. The Balaban J connectivity index is 2.37. The zero-order valence-corrected chi connectivity index (χ0v) is 13.9. The smallest absolute Gasteiger partial charge is 0.264 e. The molecule has 8 heteroatoms. The molecule has 2 aromatic rings. The van der Waals surface area contributed by atoms with Crippen LogP contribution in [0.1, 0.15) is 24.8 Å². The molecule has 0 atom stereocenters. The van der Waals surface area contributed by atoms with Crippen LogP contribution in [0.4, 0.5) is 5.82 Å². The van der Waals surface area contributed by atoms with Crippen LogP contribution in [0.3, 0.4) is 0 Å². The van der Waals surface area contributed by atoms with E-state index in [1.807, 2.05) is 13.8 Å². The van der Waals surface area contributed by atoms with Crippen molar-refractivity contribution in [2.45, 2.75) is 31.7 Å². The Morgan fingerprint density at radius 3 is 2.68 bits per heavy atom. The van der Waals surface area contributed by atoms with Crippen LogP contribution in [0, 0.1) is 6.92 Å². The lowest BCUT2D eigenvalue weighted by atomic mass is 10.4. The first-order valence-corrected chi connectivity index (χ1v) is 8.73. The number of anilines is 1. The maximum atomic E-state index is 12.3. The van der Waals surface area contributed by atoms with E-state index in [-0.39, 0.29) is 6.04 Å². The molecule has 0 spiro atoms. The number of halogens is 1. The first kappa shape index (κ1) is 14.5. The van der Waals surface area contributed by atoms with Crippen molar-refractivity contribution in [3.63, 3.8) is 0 Å². The quantitative estimate of drug-likeness (QED) is 0.905. The fraction of sp³-hybridized carbons (Fsp3) is 0.364. The zero-order chi connectivity index (χ0) is 14.2. The third-order valence-electron chi connectivity index (χ3n) is 2.53. The van der Waals surface area contributed by atoms with Crippen molar-refractivity contribution in [2.24, 2.45) is 0 Å². The molecule has 2 rings (SSSR count). The van der Waals surface area contributed by atoms with Crippen LogP contribution < -0.4 is 4.72 Å². The molecule has 2 heterocycles. The molecule has 0 unspecified atom stereocenters. The molecule has 1 N–H and O–H groups in total. The van der Waals surface area contributed by atoms with Gasteiger partial charge < -0.3 is 0 Å². The number of aryl methyl sites for hydroxylation is 1. The first-order valence-electron chi connectivity index (χ1n) is 5.63. The van der Waals surface area contributed by atoms with Crippen molar-refractivity contribution in [3.8, 4) is 0 Å². The Morgan fingerprint density at radius 1 is 1.47 bits per heavy atom. The second kappa shape index (κ2) is 5.26. The predicted octanol–water partition coefficient (Wildman–Crippen LogP) is 3.40. The summed E-state index contributed by atoms with van der Waals surface area (Å²) in [6.45, 7) is 5.66. The molecule has 0 aliphatic heterocycles. The van der Waals surface area contributed by atoms with Gasteiger partial charge in [-0.15, -0.1) is 11.3 Å². The summed E-state index contributed by atoms with van der Waals surface area (Å²) >= 11 is 4.69. The molecule has 0 bridgehead atoms. The van der Waals surface area contributed by atoms with Gasteiger partial charge in [-0.2, -0.15) is 5.10 Å². The largest absolute Gasteiger partial charge is 0.264 e. The maximum Gasteiger partial charge on any atom is 0.264 e. The molecule has 0 saturated carbocycles. The monoisotopic (exact) mass is 363 g/mol. The van der Waals surface area contributed by atoms with E-state index in [1.165, 1.54) is 11.3 Å². The normalized spacial score (nSPS) is 12.1. The average Bonchev–Trinajstić information content (AvgIpc) is 2.84. The number of nitrogens with one attached hydrogen (secondary N) is 1. The van der Waals surface area contributed by atoms with Crippen LogP contribution in [0.2, 0.25) is 0 Å². The molecule has 0 amide bonds. The highest BCUT2D eigenvalue weighted by Crippen LogP contribution is 2.30. The van der Waals surface area contributed by atoms with E-state index in [4.69, 9.17) is 0 Å². The molecular weight excluding hydrogens is 350 g/mol. The molecule has 2 aromatic heterocycles. The number of nitrogens with zero attached hydrogens (tertiary/aromatic N) is 2. The number of thiophene rings is 1. The van der Waals surface area contributed by atoms with Crippen molar-refractivity contribution in [1.29, 1.82) is 0 Å². The van der Waals surface area contributed by atoms with Gasteiger partial charge in [0.05, 0.1) is 9.98 Å². The Morgan fingerprint density at radius 2 is 2.16 bits per heavy atom. The molecule has 19 heavy (non-hydrogen) atoms. The minimum atomic E-state index is -3.58. The predicted molar refractivity (Wildman–Crippen MR) is 80.2 cm³/mol. The lowest BCUT2D eigenvalue weighted by Gasteiger charge is -2.12. The van der Waals surface area contributed by atoms with E-state index in [0.717, 1.165) is 8.66 Å². The van der Waals surface area contributed by atoms with Gasteiger partial charge in [0.2, 0.25) is 0 Å². The number of rotatable bonds is 4. The third kappa shape index (κ3) is 3.01. The van der Waals surface area contributed by atoms with Crippen LogP contribution in [0.15, 0.2) is 27.0 Å². The van der Waals surface area contributed by atoms with Gasteiger partial charge in [-0.05, 0) is 42.8 Å². The molecule has 104 valence electrons. The highest BCUT2D eigenvalue weighted by molar-refractivity contribution is 9.11. The number of aromatic nitrogens is 2. The summed E-state index contributed by atoms with van der Waals surface area (Å²) in [6.07, 6.45) is 1.58. The van der Waals surface area contributed by atoms with E-state index in [1.54, 1.807) is 29.9 Å². The van der Waals surface area contributed by atoms with Crippen LogP contribution >= 0.6 is 27.3 Å². The summed E-state index contributed by atoms with van der Waals surface area (Å²) in [5, 5.41) is 4.10. The molecule has 0 saturated heterocycles. The van der Waals surface area contributed by atoms with Gasteiger partial charge in [0.25, 0.3) is 10.0 Å². The highest BCUT2D eigenvalue weighted by Gasteiger charge is 2.21. The first-order chi connectivity index (χ1) is 8.81. The van der Waals surface area contributed by atoms with Crippen molar-refractivity contribution in [3.05, 3.63) is 27.0 Å². The molecule has 5 nitrogen and oxygen atoms in total. The SMILES string of the molecule is Cc1sc(Br)cc1S(=O)(=O)Nc1ccnn1C(C)C. The minimum absolute atomic E-state index is 0.0861. The fourth-order valence-corrected chi connectivity index (χ4v) is 5.16. The Labute approximate surface area is 124 Å². The number of sulfonamides is 1. The summed E-state index contributed by atoms with van der Waals surface area (Å²) in [5.41, 5.74) is 0. The van der Waals surface area contributed by atoms with Crippen molar-refractivity contribution in [2.75, 3.05) is 4.72 Å². The van der Waals surface area contributed by atoms with E-state index < -0.39 is 10.0 Å². The van der Waals surface area contributed by atoms with E-state index in [0.29, 0.717) is 10.7 Å². The lowest BCUT2D eigenvalue weighted by Crippen LogP contribution is -2.17. The molecule has 0 fully saturated rings. The summed E-state index contributed by atoms with van der Waals surface area (Å²) < 4.78 is 29.7. The number of hydrogen-bond acceptors (Lipinski definition) is 4. The van der Waals surface area contributed by atoms with Gasteiger partial charge in [0.15, 0.2) is 0 Å². The lowest BCUT2D eigenvalue weighted by molar-refractivity contribution is 0.539. The highest BCUT2D eigenvalue weighted by atomic mass is 79.9. The standard InChI is InChI=1S/C11H14BrN3O2S2/c1-7(2)15-11(4-5-13-15)14-19(16,17)9-6-10(12)18-8(9)3/h4-7,14H,1-3H3.